The van der Waals surface area contributed by atoms with Gasteiger partial charge in [0.2, 0.25) is 0 Å². The molecule has 0 saturated heterocycles. The molecule has 0 aliphatic heterocycles. The fraction of sp³-hybridized carbons (Fsp3) is 0.0909. The van der Waals surface area contributed by atoms with E-state index in [1.165, 1.54) is 26.8 Å². The molecular weight excluding hydrogens is 385 g/mol. The van der Waals surface area contributed by atoms with Gasteiger partial charge in [0.15, 0.2) is 0 Å². The van der Waals surface area contributed by atoms with Crippen molar-refractivity contribution in [1.82, 2.24) is 9.97 Å². The van der Waals surface area contributed by atoms with Gasteiger partial charge in [0.25, 0.3) is 0 Å². The maximum atomic E-state index is 4.54. The number of aromatic nitrogens is 2. The first-order valence-electron chi connectivity index (χ1n) is 8.58. The molecule has 0 bridgehead atoms. The number of fused-ring (bicyclic) bond motifs is 1. The van der Waals surface area contributed by atoms with E-state index in [0.717, 1.165) is 17.4 Å². The Bertz CT molecular complexity index is 997. The zero-order chi connectivity index (χ0) is 17.6. The van der Waals surface area contributed by atoms with Crippen LogP contribution in [0.4, 0.5) is 5.69 Å². The normalized spacial score (nSPS) is 10.8. The van der Waals surface area contributed by atoms with Gasteiger partial charge >= 0.3 is 160 Å². The Balaban J connectivity index is 1.50. The van der Waals surface area contributed by atoms with Gasteiger partial charge in [0.05, 0.1) is 0 Å². The molecule has 1 aromatic heterocycles. The van der Waals surface area contributed by atoms with Crippen molar-refractivity contribution in [3.63, 3.8) is 0 Å². The Morgan fingerprint density at radius 2 is 1.54 bits per heavy atom. The number of rotatable bonds is 6. The zero-order valence-corrected chi connectivity index (χ0v) is 16.0. The molecule has 4 aromatic rings. The average molecular weight is 404 g/mol. The van der Waals surface area contributed by atoms with Gasteiger partial charge in [-0.3, -0.25) is 0 Å². The van der Waals surface area contributed by atoms with Crippen molar-refractivity contribution in [3.05, 3.63) is 96.3 Å². The van der Waals surface area contributed by atoms with E-state index in [2.05, 4.69) is 75.9 Å². The summed E-state index contributed by atoms with van der Waals surface area (Å²) in [6.45, 7) is 0.835. The van der Waals surface area contributed by atoms with Gasteiger partial charge in [-0.1, -0.05) is 0 Å². The third kappa shape index (κ3) is 3.93. The SMILES string of the molecule is c1ccc(CNc2ccccc2C[Se]c2ncnc3ccccc23)cc1. The molecule has 128 valence electrons. The van der Waals surface area contributed by atoms with E-state index in [1.807, 2.05) is 18.2 Å². The standard InChI is InChI=1S/C22H19N3Se/c1-2-8-17(9-3-1)14-23-20-12-6-4-10-18(20)15-26-22-19-11-5-7-13-21(19)24-16-25-22/h1-13,16,23H,14-15H2. The number of para-hydroxylation sites is 2. The molecule has 0 amide bonds. The van der Waals surface area contributed by atoms with E-state index in [9.17, 15) is 0 Å². The molecule has 0 unspecified atom stereocenters. The van der Waals surface area contributed by atoms with E-state index >= 15 is 0 Å². The van der Waals surface area contributed by atoms with Crippen molar-refractivity contribution in [2.45, 2.75) is 11.9 Å². The van der Waals surface area contributed by atoms with Gasteiger partial charge in [0, 0.05) is 0 Å². The third-order valence-electron chi connectivity index (χ3n) is 4.21. The van der Waals surface area contributed by atoms with Gasteiger partial charge < -0.3 is 0 Å². The molecule has 1 N–H and O–H groups in total. The van der Waals surface area contributed by atoms with Crippen LogP contribution in [0.2, 0.25) is 0 Å². The molecule has 4 heteroatoms. The van der Waals surface area contributed by atoms with Gasteiger partial charge in [-0.25, -0.2) is 0 Å². The summed E-state index contributed by atoms with van der Waals surface area (Å²) in [7, 11) is 0. The van der Waals surface area contributed by atoms with Gasteiger partial charge in [-0.15, -0.1) is 0 Å². The van der Waals surface area contributed by atoms with Crippen molar-refractivity contribution in [1.29, 1.82) is 0 Å². The Labute approximate surface area is 159 Å². The Morgan fingerprint density at radius 1 is 0.769 bits per heavy atom. The fourth-order valence-electron chi connectivity index (χ4n) is 2.85. The molecule has 26 heavy (non-hydrogen) atoms. The molecule has 4 rings (SSSR count). The Hall–Kier alpha value is -2.68. The topological polar surface area (TPSA) is 37.8 Å². The predicted molar refractivity (Wildman–Crippen MR) is 109 cm³/mol. The van der Waals surface area contributed by atoms with Crippen LogP contribution >= 0.6 is 0 Å². The molecular formula is C22H19N3Se. The summed E-state index contributed by atoms with van der Waals surface area (Å²) >= 11 is 0.257. The van der Waals surface area contributed by atoms with E-state index in [0.29, 0.717) is 0 Å². The molecule has 0 spiro atoms. The quantitative estimate of drug-likeness (QED) is 0.497. The molecule has 0 fully saturated rings. The summed E-state index contributed by atoms with van der Waals surface area (Å²) in [6, 6.07) is 27.3. The molecule has 0 atom stereocenters. The number of benzene rings is 3. The van der Waals surface area contributed by atoms with Crippen LogP contribution in [0.5, 0.6) is 0 Å². The summed E-state index contributed by atoms with van der Waals surface area (Å²) in [5.74, 6) is 0. The number of hydrogen-bond donors (Lipinski definition) is 1. The predicted octanol–water partition coefficient (Wildman–Crippen LogP) is 3.77. The van der Waals surface area contributed by atoms with E-state index in [4.69, 9.17) is 0 Å². The second-order valence-corrected chi connectivity index (χ2v) is 8.00. The molecule has 0 aliphatic rings. The Morgan fingerprint density at radius 3 is 2.46 bits per heavy atom. The first-order valence-corrected chi connectivity index (χ1v) is 10.7. The monoisotopic (exact) mass is 405 g/mol. The van der Waals surface area contributed by atoms with Crippen molar-refractivity contribution in [3.8, 4) is 0 Å². The van der Waals surface area contributed by atoms with Gasteiger partial charge in [-0.05, 0) is 0 Å². The van der Waals surface area contributed by atoms with Crippen LogP contribution < -0.4 is 9.91 Å². The molecule has 0 aliphatic carbocycles. The summed E-state index contributed by atoms with van der Waals surface area (Å²) in [6.07, 6.45) is 1.68. The average Bonchev–Trinajstić information content (AvgIpc) is 2.72. The van der Waals surface area contributed by atoms with Crippen LogP contribution in [0.25, 0.3) is 10.9 Å². The van der Waals surface area contributed by atoms with Crippen molar-refractivity contribution in [2.24, 2.45) is 0 Å². The van der Waals surface area contributed by atoms with Crippen LogP contribution in [0, 0.1) is 0 Å². The van der Waals surface area contributed by atoms with E-state index < -0.39 is 0 Å². The second-order valence-electron chi connectivity index (χ2n) is 5.98. The van der Waals surface area contributed by atoms with E-state index in [-0.39, 0.29) is 15.0 Å². The van der Waals surface area contributed by atoms with Crippen molar-refractivity contribution >= 4 is 36.1 Å². The summed E-state index contributed by atoms with van der Waals surface area (Å²) in [4.78, 5) is 8.91. The number of nitrogens with one attached hydrogen (secondary N) is 1. The molecule has 0 radical (unpaired) electrons. The number of hydrogen-bond acceptors (Lipinski definition) is 3. The minimum absolute atomic E-state index is 0.257. The summed E-state index contributed by atoms with van der Waals surface area (Å²) in [5, 5.41) is 5.76. The number of anilines is 1. The van der Waals surface area contributed by atoms with Crippen molar-refractivity contribution in [2.75, 3.05) is 5.32 Å². The van der Waals surface area contributed by atoms with Crippen LogP contribution in [0.3, 0.4) is 0 Å². The second kappa shape index (κ2) is 8.13. The molecule has 3 aromatic carbocycles. The molecule has 3 nitrogen and oxygen atoms in total. The molecule has 1 heterocycles. The van der Waals surface area contributed by atoms with Crippen LogP contribution in [0.1, 0.15) is 11.1 Å². The van der Waals surface area contributed by atoms with Gasteiger partial charge in [-0.2, -0.15) is 0 Å². The fourth-order valence-corrected chi connectivity index (χ4v) is 4.94. The Kier molecular flexibility index (Phi) is 5.25. The summed E-state index contributed by atoms with van der Waals surface area (Å²) < 4.78 is 1.17. The van der Waals surface area contributed by atoms with Crippen LogP contribution in [-0.4, -0.2) is 24.9 Å². The first kappa shape index (κ1) is 16.8. The maximum absolute atomic E-state index is 4.54. The first-order chi connectivity index (χ1) is 12.9. The third-order valence-corrected chi connectivity index (χ3v) is 6.43. The zero-order valence-electron chi connectivity index (χ0n) is 14.3. The van der Waals surface area contributed by atoms with Gasteiger partial charge in [0.1, 0.15) is 0 Å². The number of nitrogens with zero attached hydrogens (tertiary/aromatic N) is 2. The molecule has 0 saturated carbocycles. The van der Waals surface area contributed by atoms with E-state index in [1.54, 1.807) is 6.33 Å². The van der Waals surface area contributed by atoms with Crippen LogP contribution in [-0.2, 0) is 11.9 Å². The van der Waals surface area contributed by atoms with Crippen LogP contribution in [0.15, 0.2) is 85.2 Å². The minimum atomic E-state index is 0.257. The van der Waals surface area contributed by atoms with Crippen molar-refractivity contribution < 1.29 is 0 Å². The summed E-state index contributed by atoms with van der Waals surface area (Å²) in [5.41, 5.74) is 4.85.